The molecule has 0 radical (unpaired) electrons. The van der Waals surface area contributed by atoms with Crippen LogP contribution in [0, 0.1) is 5.92 Å². The molecule has 1 saturated heterocycles. The van der Waals surface area contributed by atoms with Crippen molar-refractivity contribution in [3.8, 4) is 22.4 Å². The van der Waals surface area contributed by atoms with Gasteiger partial charge in [-0.05, 0) is 18.8 Å². The monoisotopic (exact) mass is 486 g/mol. The third-order valence-corrected chi connectivity index (χ3v) is 6.39. The number of anilines is 1. The average Bonchev–Trinajstić information content (AvgIpc) is 3.65. The second kappa shape index (κ2) is 9.41. The largest absolute Gasteiger partial charge is 0.394 e. The summed E-state index contributed by atoms with van der Waals surface area (Å²) in [5.41, 5.74) is 4.70. The number of aromatic nitrogens is 11. The molecular formula is C23H26N12O. The second-order valence-electron chi connectivity index (χ2n) is 9.02. The van der Waals surface area contributed by atoms with E-state index < -0.39 is 0 Å². The first-order chi connectivity index (χ1) is 17.7. The number of nitrogens with zero attached hydrogens (tertiary/aromatic N) is 12. The van der Waals surface area contributed by atoms with Crippen LogP contribution in [0.25, 0.3) is 33.7 Å². The summed E-state index contributed by atoms with van der Waals surface area (Å²) in [5.74, 6) is 1.07. The van der Waals surface area contributed by atoms with E-state index in [1.165, 1.54) is 0 Å². The van der Waals surface area contributed by atoms with E-state index >= 15 is 0 Å². The van der Waals surface area contributed by atoms with Crippen molar-refractivity contribution < 1.29 is 5.11 Å². The number of aryl methyl sites for hydroxylation is 1. The number of aliphatic hydroxyl groups excluding tert-OH is 1. The highest BCUT2D eigenvalue weighted by Crippen LogP contribution is 2.25. The van der Waals surface area contributed by atoms with E-state index in [4.69, 9.17) is 10.1 Å². The third-order valence-electron chi connectivity index (χ3n) is 6.39. The molecule has 1 aliphatic heterocycles. The quantitative estimate of drug-likeness (QED) is 0.356. The zero-order valence-corrected chi connectivity index (χ0v) is 19.9. The summed E-state index contributed by atoms with van der Waals surface area (Å²) in [5, 5.41) is 26.1. The SMILES string of the molecule is Cn1cc(-c2cnc3nnn(CC4CCCN(c5ncc(-c6cnn(CCO)c6)cn5)C4)c3n2)cn1. The fourth-order valence-corrected chi connectivity index (χ4v) is 4.58. The van der Waals surface area contributed by atoms with Crippen LogP contribution < -0.4 is 4.90 Å². The molecule has 5 aromatic rings. The second-order valence-corrected chi connectivity index (χ2v) is 9.02. The molecule has 0 spiro atoms. The molecule has 13 heteroatoms. The number of rotatable bonds is 7. The van der Waals surface area contributed by atoms with Gasteiger partial charge in [0, 0.05) is 68.2 Å². The lowest BCUT2D eigenvalue weighted by Gasteiger charge is -2.32. The Kier molecular flexibility index (Phi) is 5.81. The Morgan fingerprint density at radius 2 is 1.83 bits per heavy atom. The van der Waals surface area contributed by atoms with Gasteiger partial charge in [-0.15, -0.1) is 5.10 Å². The zero-order chi connectivity index (χ0) is 24.5. The van der Waals surface area contributed by atoms with E-state index in [1.54, 1.807) is 28.0 Å². The summed E-state index contributed by atoms with van der Waals surface area (Å²) in [6.45, 7) is 2.94. The lowest BCUT2D eigenvalue weighted by atomic mass is 9.98. The van der Waals surface area contributed by atoms with Gasteiger partial charge >= 0.3 is 0 Å². The van der Waals surface area contributed by atoms with Gasteiger partial charge in [0.15, 0.2) is 5.65 Å². The maximum atomic E-state index is 9.09. The van der Waals surface area contributed by atoms with Crippen LogP contribution in [-0.2, 0) is 20.1 Å². The fraction of sp³-hybridized carbons (Fsp3) is 0.391. The van der Waals surface area contributed by atoms with Crippen molar-refractivity contribution in [1.82, 2.24) is 54.5 Å². The van der Waals surface area contributed by atoms with E-state index in [9.17, 15) is 0 Å². The minimum Gasteiger partial charge on any atom is -0.394 e. The molecule has 184 valence electrons. The Morgan fingerprint density at radius 1 is 0.972 bits per heavy atom. The van der Waals surface area contributed by atoms with Gasteiger partial charge in [-0.1, -0.05) is 5.21 Å². The molecule has 0 bridgehead atoms. The van der Waals surface area contributed by atoms with Crippen LogP contribution in [0.4, 0.5) is 5.95 Å². The molecule has 1 fully saturated rings. The molecule has 6 heterocycles. The Labute approximate surface area is 206 Å². The highest BCUT2D eigenvalue weighted by atomic mass is 16.3. The minimum absolute atomic E-state index is 0.0509. The van der Waals surface area contributed by atoms with E-state index in [1.807, 2.05) is 36.5 Å². The van der Waals surface area contributed by atoms with Gasteiger partial charge in [0.1, 0.15) is 0 Å². The average molecular weight is 487 g/mol. The van der Waals surface area contributed by atoms with Crippen molar-refractivity contribution in [1.29, 1.82) is 0 Å². The topological polar surface area (TPSA) is 141 Å². The molecule has 1 N–H and O–H groups in total. The lowest BCUT2D eigenvalue weighted by molar-refractivity contribution is 0.269. The molecule has 6 rings (SSSR count). The molecule has 1 unspecified atom stereocenters. The normalized spacial score (nSPS) is 16.2. The Morgan fingerprint density at radius 3 is 2.64 bits per heavy atom. The standard InChI is InChI=1S/C23H26N12O/c1-32-14-19(10-27-32)20-11-24-21-22(29-20)35(31-30-21)13-16-3-2-4-33(12-16)23-25-7-17(8-26-23)18-9-28-34(15-18)5-6-36/h7-11,14-16,36H,2-6,12-13H2,1H3. The highest BCUT2D eigenvalue weighted by Gasteiger charge is 2.24. The Hall–Kier alpha value is -4.26. The van der Waals surface area contributed by atoms with E-state index in [0.29, 0.717) is 36.3 Å². The molecule has 36 heavy (non-hydrogen) atoms. The van der Waals surface area contributed by atoms with Crippen LogP contribution in [0.15, 0.2) is 43.4 Å². The van der Waals surface area contributed by atoms with Crippen molar-refractivity contribution in [3.05, 3.63) is 43.4 Å². The maximum absolute atomic E-state index is 9.09. The summed E-state index contributed by atoms with van der Waals surface area (Å²) >= 11 is 0. The number of fused-ring (bicyclic) bond motifs is 1. The number of hydrogen-bond donors (Lipinski definition) is 1. The summed E-state index contributed by atoms with van der Waals surface area (Å²) < 4.78 is 5.30. The molecule has 0 aliphatic carbocycles. The van der Waals surface area contributed by atoms with Crippen molar-refractivity contribution in [3.63, 3.8) is 0 Å². The number of hydrogen-bond acceptors (Lipinski definition) is 10. The molecule has 13 nitrogen and oxygen atoms in total. The lowest BCUT2D eigenvalue weighted by Crippen LogP contribution is -2.38. The summed E-state index contributed by atoms with van der Waals surface area (Å²) in [7, 11) is 1.88. The molecule has 0 amide bonds. The molecule has 0 aromatic carbocycles. The van der Waals surface area contributed by atoms with E-state index in [0.717, 1.165) is 48.3 Å². The first kappa shape index (κ1) is 22.2. The van der Waals surface area contributed by atoms with Crippen molar-refractivity contribution in [2.75, 3.05) is 24.6 Å². The van der Waals surface area contributed by atoms with Crippen molar-refractivity contribution in [2.45, 2.75) is 25.9 Å². The van der Waals surface area contributed by atoms with Gasteiger partial charge < -0.3 is 10.0 Å². The number of aliphatic hydroxyl groups is 1. The van der Waals surface area contributed by atoms with Gasteiger partial charge in [0.25, 0.3) is 0 Å². The van der Waals surface area contributed by atoms with Gasteiger partial charge in [-0.3, -0.25) is 9.36 Å². The van der Waals surface area contributed by atoms with E-state index in [-0.39, 0.29) is 6.61 Å². The Bertz CT molecular complexity index is 1470. The predicted molar refractivity (Wildman–Crippen MR) is 131 cm³/mol. The smallest absolute Gasteiger partial charge is 0.225 e. The summed E-state index contributed by atoms with van der Waals surface area (Å²) in [6, 6.07) is 0. The van der Waals surface area contributed by atoms with E-state index in [2.05, 4.69) is 40.4 Å². The van der Waals surface area contributed by atoms with Crippen LogP contribution in [0.3, 0.4) is 0 Å². The zero-order valence-electron chi connectivity index (χ0n) is 19.9. The van der Waals surface area contributed by atoms with Gasteiger partial charge in [0.2, 0.25) is 11.6 Å². The third kappa shape index (κ3) is 4.40. The number of piperidine rings is 1. The molecule has 1 atom stereocenters. The van der Waals surface area contributed by atoms with Crippen molar-refractivity contribution >= 4 is 17.2 Å². The molecule has 0 saturated carbocycles. The maximum Gasteiger partial charge on any atom is 0.225 e. The predicted octanol–water partition coefficient (Wildman–Crippen LogP) is 1.18. The van der Waals surface area contributed by atoms with Crippen LogP contribution >= 0.6 is 0 Å². The molecular weight excluding hydrogens is 460 g/mol. The summed E-state index contributed by atoms with van der Waals surface area (Å²) in [4.78, 5) is 20.7. The molecule has 1 aliphatic rings. The van der Waals surface area contributed by atoms with Gasteiger partial charge in [0.05, 0.1) is 37.4 Å². The first-order valence-corrected chi connectivity index (χ1v) is 11.9. The Balaban J connectivity index is 1.16. The summed E-state index contributed by atoms with van der Waals surface area (Å²) in [6.07, 6.45) is 14.8. The van der Waals surface area contributed by atoms with Crippen LogP contribution in [0.5, 0.6) is 0 Å². The van der Waals surface area contributed by atoms with Crippen LogP contribution in [0.2, 0.25) is 0 Å². The minimum atomic E-state index is 0.0509. The van der Waals surface area contributed by atoms with Crippen molar-refractivity contribution in [2.24, 2.45) is 13.0 Å². The van der Waals surface area contributed by atoms with Gasteiger partial charge in [-0.2, -0.15) is 10.2 Å². The van der Waals surface area contributed by atoms with Crippen LogP contribution in [-0.4, -0.2) is 79.3 Å². The van der Waals surface area contributed by atoms with Crippen LogP contribution in [0.1, 0.15) is 12.8 Å². The first-order valence-electron chi connectivity index (χ1n) is 11.9. The highest BCUT2D eigenvalue weighted by molar-refractivity contribution is 5.69. The fourth-order valence-electron chi connectivity index (χ4n) is 4.58. The molecule has 5 aromatic heterocycles. The van der Waals surface area contributed by atoms with Gasteiger partial charge in [-0.25, -0.2) is 24.6 Å².